The summed E-state index contributed by atoms with van der Waals surface area (Å²) >= 11 is 6.15. The summed E-state index contributed by atoms with van der Waals surface area (Å²) in [4.78, 5) is 17.2. The van der Waals surface area contributed by atoms with Crippen LogP contribution in [0.5, 0.6) is 0 Å². The number of hydrogen-bond donors (Lipinski definition) is 2. The van der Waals surface area contributed by atoms with Crippen LogP contribution in [0.3, 0.4) is 0 Å². The quantitative estimate of drug-likeness (QED) is 0.774. The minimum Gasteiger partial charge on any atom is -0.367 e. The topological polar surface area (TPSA) is 81.8 Å². The van der Waals surface area contributed by atoms with Gasteiger partial charge in [0.25, 0.3) is 5.91 Å². The lowest BCUT2D eigenvalue weighted by molar-refractivity contribution is 0.102. The van der Waals surface area contributed by atoms with E-state index in [0.29, 0.717) is 22.0 Å². The van der Waals surface area contributed by atoms with Crippen molar-refractivity contribution >= 4 is 44.6 Å². The zero-order valence-electron chi connectivity index (χ0n) is 15.8. The summed E-state index contributed by atoms with van der Waals surface area (Å²) in [6, 6.07) is 11.8. The molecule has 0 unspecified atom stereocenters. The van der Waals surface area contributed by atoms with Crippen molar-refractivity contribution in [1.82, 2.24) is 4.90 Å². The van der Waals surface area contributed by atoms with Crippen LogP contribution in [0, 0.1) is 0 Å². The van der Waals surface area contributed by atoms with Gasteiger partial charge in [-0.15, -0.1) is 0 Å². The van der Waals surface area contributed by atoms with Crippen LogP contribution in [0.15, 0.2) is 42.5 Å². The number of likely N-dealkylation sites (N-methyl/N-ethyl adjacent to an activating group) is 1. The molecule has 1 aliphatic heterocycles. The SMILES string of the molecule is CN1CCN(c2ccc(Cl)cc2NC(=O)c2cccc(NS(C)(=O)=O)c2)CC1. The Hall–Kier alpha value is -2.29. The van der Waals surface area contributed by atoms with Crippen LogP contribution < -0.4 is 14.9 Å². The lowest BCUT2D eigenvalue weighted by Gasteiger charge is -2.35. The molecule has 1 fully saturated rings. The highest BCUT2D eigenvalue weighted by molar-refractivity contribution is 7.92. The van der Waals surface area contributed by atoms with E-state index in [-0.39, 0.29) is 5.91 Å². The Morgan fingerprint density at radius 2 is 1.79 bits per heavy atom. The van der Waals surface area contributed by atoms with Gasteiger partial charge in [0.1, 0.15) is 0 Å². The molecule has 0 aromatic heterocycles. The Balaban J connectivity index is 1.82. The van der Waals surface area contributed by atoms with Crippen LogP contribution >= 0.6 is 11.6 Å². The van der Waals surface area contributed by atoms with Gasteiger partial charge in [0.05, 0.1) is 17.6 Å². The normalized spacial score (nSPS) is 15.3. The maximum atomic E-state index is 12.8. The fraction of sp³-hybridized carbons (Fsp3) is 0.316. The Bertz CT molecular complexity index is 973. The summed E-state index contributed by atoms with van der Waals surface area (Å²) in [5.41, 5.74) is 2.22. The smallest absolute Gasteiger partial charge is 0.255 e. The van der Waals surface area contributed by atoms with Gasteiger partial charge in [-0.1, -0.05) is 17.7 Å². The summed E-state index contributed by atoms with van der Waals surface area (Å²) in [5.74, 6) is -0.338. The van der Waals surface area contributed by atoms with Gasteiger partial charge in [-0.3, -0.25) is 9.52 Å². The van der Waals surface area contributed by atoms with Crippen LogP contribution in [0.2, 0.25) is 5.02 Å². The molecule has 0 saturated carbocycles. The molecule has 0 spiro atoms. The molecule has 0 aliphatic carbocycles. The third kappa shape index (κ3) is 5.37. The summed E-state index contributed by atoms with van der Waals surface area (Å²) < 4.78 is 25.2. The summed E-state index contributed by atoms with van der Waals surface area (Å²) in [7, 11) is -1.34. The summed E-state index contributed by atoms with van der Waals surface area (Å²) in [6.07, 6.45) is 1.06. The first-order chi connectivity index (χ1) is 13.2. The minimum absolute atomic E-state index is 0.334. The van der Waals surface area contributed by atoms with E-state index in [0.717, 1.165) is 38.1 Å². The molecule has 9 heteroatoms. The number of nitrogens with zero attached hydrogens (tertiary/aromatic N) is 2. The molecule has 3 rings (SSSR count). The van der Waals surface area contributed by atoms with Gasteiger partial charge in [0.2, 0.25) is 10.0 Å². The number of amides is 1. The fourth-order valence-electron chi connectivity index (χ4n) is 3.06. The first-order valence-corrected chi connectivity index (χ1v) is 11.1. The molecule has 1 amide bonds. The van der Waals surface area contributed by atoms with Gasteiger partial charge < -0.3 is 15.1 Å². The van der Waals surface area contributed by atoms with Gasteiger partial charge in [0, 0.05) is 42.5 Å². The molecular weight excluding hydrogens is 400 g/mol. The molecule has 2 aromatic rings. The second-order valence-electron chi connectivity index (χ2n) is 6.86. The molecule has 1 aliphatic rings. The number of carbonyl (C=O) groups excluding carboxylic acids is 1. The summed E-state index contributed by atoms with van der Waals surface area (Å²) in [6.45, 7) is 3.59. The Labute approximate surface area is 170 Å². The van der Waals surface area contributed by atoms with Crippen LogP contribution in [0.4, 0.5) is 17.1 Å². The van der Waals surface area contributed by atoms with Gasteiger partial charge in [0.15, 0.2) is 0 Å². The first kappa shape index (κ1) is 20.4. The maximum absolute atomic E-state index is 12.8. The highest BCUT2D eigenvalue weighted by Crippen LogP contribution is 2.30. The molecule has 2 aromatic carbocycles. The fourth-order valence-corrected chi connectivity index (χ4v) is 3.79. The Morgan fingerprint density at radius 3 is 2.46 bits per heavy atom. The second-order valence-corrected chi connectivity index (χ2v) is 9.05. The van der Waals surface area contributed by atoms with E-state index in [2.05, 4.69) is 26.9 Å². The van der Waals surface area contributed by atoms with E-state index in [1.807, 2.05) is 12.1 Å². The number of hydrogen-bond acceptors (Lipinski definition) is 5. The highest BCUT2D eigenvalue weighted by Gasteiger charge is 2.19. The van der Waals surface area contributed by atoms with Crippen LogP contribution in [-0.2, 0) is 10.0 Å². The molecular formula is C19H23ClN4O3S. The zero-order valence-corrected chi connectivity index (χ0v) is 17.3. The van der Waals surface area contributed by atoms with Crippen LogP contribution in [0.25, 0.3) is 0 Å². The number of carbonyl (C=O) groups is 1. The van der Waals surface area contributed by atoms with Crippen molar-refractivity contribution in [3.63, 3.8) is 0 Å². The molecule has 1 saturated heterocycles. The molecule has 1 heterocycles. The lowest BCUT2D eigenvalue weighted by Crippen LogP contribution is -2.44. The number of piperazine rings is 1. The minimum atomic E-state index is -3.42. The Kier molecular flexibility index (Phi) is 6.12. The van der Waals surface area contributed by atoms with E-state index in [4.69, 9.17) is 11.6 Å². The molecule has 28 heavy (non-hydrogen) atoms. The predicted molar refractivity (Wildman–Crippen MR) is 114 cm³/mol. The lowest BCUT2D eigenvalue weighted by atomic mass is 10.1. The van der Waals surface area contributed by atoms with E-state index < -0.39 is 10.0 Å². The number of benzene rings is 2. The summed E-state index contributed by atoms with van der Waals surface area (Å²) in [5, 5.41) is 3.44. The van der Waals surface area contributed by atoms with Gasteiger partial charge >= 0.3 is 0 Å². The highest BCUT2D eigenvalue weighted by atomic mass is 35.5. The number of nitrogens with one attached hydrogen (secondary N) is 2. The van der Waals surface area contributed by atoms with Crippen molar-refractivity contribution in [2.24, 2.45) is 0 Å². The monoisotopic (exact) mass is 422 g/mol. The van der Waals surface area contributed by atoms with Crippen LogP contribution in [-0.4, -0.2) is 58.7 Å². The molecule has 0 bridgehead atoms. The van der Waals surface area contributed by atoms with Gasteiger partial charge in [-0.05, 0) is 43.4 Å². The van der Waals surface area contributed by atoms with Gasteiger partial charge in [-0.25, -0.2) is 8.42 Å². The number of rotatable bonds is 5. The van der Waals surface area contributed by atoms with Crippen molar-refractivity contribution in [3.05, 3.63) is 53.1 Å². The zero-order chi connectivity index (χ0) is 20.3. The third-order valence-electron chi connectivity index (χ3n) is 4.48. The molecule has 0 radical (unpaired) electrons. The average Bonchev–Trinajstić information content (AvgIpc) is 2.62. The van der Waals surface area contributed by atoms with E-state index in [9.17, 15) is 13.2 Å². The number of sulfonamides is 1. The van der Waals surface area contributed by atoms with E-state index >= 15 is 0 Å². The van der Waals surface area contributed by atoms with Crippen molar-refractivity contribution < 1.29 is 13.2 Å². The number of anilines is 3. The molecule has 7 nitrogen and oxygen atoms in total. The Morgan fingerprint density at radius 1 is 1.07 bits per heavy atom. The third-order valence-corrected chi connectivity index (χ3v) is 5.32. The first-order valence-electron chi connectivity index (χ1n) is 8.83. The van der Waals surface area contributed by atoms with Crippen molar-refractivity contribution in [2.45, 2.75) is 0 Å². The maximum Gasteiger partial charge on any atom is 0.255 e. The molecule has 2 N–H and O–H groups in total. The van der Waals surface area contributed by atoms with Crippen molar-refractivity contribution in [3.8, 4) is 0 Å². The molecule has 0 atom stereocenters. The van der Waals surface area contributed by atoms with E-state index in [1.165, 1.54) is 6.07 Å². The van der Waals surface area contributed by atoms with Gasteiger partial charge in [-0.2, -0.15) is 0 Å². The largest absolute Gasteiger partial charge is 0.367 e. The van der Waals surface area contributed by atoms with Crippen LogP contribution in [0.1, 0.15) is 10.4 Å². The average molecular weight is 423 g/mol. The van der Waals surface area contributed by atoms with Crippen molar-refractivity contribution in [1.29, 1.82) is 0 Å². The second kappa shape index (κ2) is 8.38. The standard InChI is InChI=1S/C19H23ClN4O3S/c1-23-8-10-24(11-9-23)18-7-6-15(20)13-17(18)21-19(25)14-4-3-5-16(12-14)22-28(2,26)27/h3-7,12-13,22H,8-11H2,1-2H3,(H,21,25). The van der Waals surface area contributed by atoms with Crippen molar-refractivity contribution in [2.75, 3.05) is 54.4 Å². The van der Waals surface area contributed by atoms with E-state index in [1.54, 1.807) is 24.3 Å². The number of halogens is 1. The predicted octanol–water partition coefficient (Wildman–Crippen LogP) is 2.72. The molecule has 150 valence electrons.